The first-order valence-corrected chi connectivity index (χ1v) is 5.87. The van der Waals surface area contributed by atoms with E-state index in [9.17, 15) is 10.1 Å². The van der Waals surface area contributed by atoms with Crippen LogP contribution in [-0.2, 0) is 4.74 Å². The predicted octanol–water partition coefficient (Wildman–Crippen LogP) is 2.47. The van der Waals surface area contributed by atoms with E-state index >= 15 is 0 Å². The molecule has 0 bridgehead atoms. The Labute approximate surface area is 106 Å². The van der Waals surface area contributed by atoms with E-state index in [1.165, 1.54) is 0 Å². The van der Waals surface area contributed by atoms with Crippen molar-refractivity contribution in [3.8, 4) is 0 Å². The lowest BCUT2D eigenvalue weighted by atomic mass is 10.2. The number of para-hydroxylation sites is 1. The first kappa shape index (κ1) is 14.2. The first-order valence-electron chi connectivity index (χ1n) is 5.87. The SMILES string of the molecule is CNc1cccc(NCCOC(C)C)c1[N+](=O)[O-]. The first-order chi connectivity index (χ1) is 8.56. The minimum atomic E-state index is -0.391. The molecule has 0 aliphatic heterocycles. The smallest absolute Gasteiger partial charge is 0.315 e. The Balaban J connectivity index is 2.72. The second kappa shape index (κ2) is 6.80. The molecule has 6 nitrogen and oxygen atoms in total. The summed E-state index contributed by atoms with van der Waals surface area (Å²) in [6, 6.07) is 5.13. The van der Waals surface area contributed by atoms with Crippen LogP contribution < -0.4 is 10.6 Å². The van der Waals surface area contributed by atoms with E-state index in [1.807, 2.05) is 13.8 Å². The molecule has 0 aliphatic carbocycles. The van der Waals surface area contributed by atoms with Gasteiger partial charge in [-0.2, -0.15) is 0 Å². The van der Waals surface area contributed by atoms with Crippen molar-refractivity contribution < 1.29 is 9.66 Å². The summed E-state index contributed by atoms with van der Waals surface area (Å²) in [5.74, 6) is 0. The Morgan fingerprint density at radius 3 is 2.61 bits per heavy atom. The van der Waals surface area contributed by atoms with E-state index < -0.39 is 4.92 Å². The molecule has 1 rings (SSSR count). The van der Waals surface area contributed by atoms with Gasteiger partial charge in [-0.1, -0.05) is 6.07 Å². The van der Waals surface area contributed by atoms with Crippen LogP contribution in [0.4, 0.5) is 17.1 Å². The Kier molecular flexibility index (Phi) is 5.38. The Bertz CT molecular complexity index is 408. The van der Waals surface area contributed by atoms with Gasteiger partial charge in [-0.3, -0.25) is 10.1 Å². The van der Waals surface area contributed by atoms with E-state index in [1.54, 1.807) is 25.2 Å². The number of nitrogens with one attached hydrogen (secondary N) is 2. The van der Waals surface area contributed by atoms with Gasteiger partial charge in [0.15, 0.2) is 0 Å². The molecule has 0 heterocycles. The lowest BCUT2D eigenvalue weighted by molar-refractivity contribution is -0.383. The van der Waals surface area contributed by atoms with Gasteiger partial charge in [-0.05, 0) is 26.0 Å². The highest BCUT2D eigenvalue weighted by atomic mass is 16.6. The second-order valence-corrected chi connectivity index (χ2v) is 4.06. The number of nitrogens with zero attached hydrogens (tertiary/aromatic N) is 1. The zero-order valence-corrected chi connectivity index (χ0v) is 10.9. The Morgan fingerprint density at radius 2 is 2.06 bits per heavy atom. The van der Waals surface area contributed by atoms with Crippen molar-refractivity contribution >= 4 is 17.1 Å². The summed E-state index contributed by atoms with van der Waals surface area (Å²) in [4.78, 5) is 10.6. The van der Waals surface area contributed by atoms with Crippen LogP contribution in [0, 0.1) is 10.1 Å². The van der Waals surface area contributed by atoms with Crippen molar-refractivity contribution in [1.29, 1.82) is 0 Å². The highest BCUT2D eigenvalue weighted by Crippen LogP contribution is 2.32. The molecule has 0 fully saturated rings. The van der Waals surface area contributed by atoms with Crippen LogP contribution in [0.2, 0.25) is 0 Å². The maximum atomic E-state index is 11.0. The molecule has 0 aromatic heterocycles. The zero-order chi connectivity index (χ0) is 13.5. The molecule has 6 heteroatoms. The van der Waals surface area contributed by atoms with E-state index in [0.29, 0.717) is 24.5 Å². The normalized spacial score (nSPS) is 10.4. The van der Waals surface area contributed by atoms with E-state index in [2.05, 4.69) is 10.6 Å². The van der Waals surface area contributed by atoms with Crippen molar-refractivity contribution in [2.75, 3.05) is 30.8 Å². The standard InChI is InChI=1S/C12H19N3O3/c1-9(2)18-8-7-14-11-6-4-5-10(13-3)12(11)15(16)17/h4-6,9,13-14H,7-8H2,1-3H3. The van der Waals surface area contributed by atoms with Gasteiger partial charge in [0.05, 0.1) is 17.6 Å². The Morgan fingerprint density at radius 1 is 1.39 bits per heavy atom. The molecule has 0 amide bonds. The quantitative estimate of drug-likeness (QED) is 0.443. The van der Waals surface area contributed by atoms with Crippen LogP contribution >= 0.6 is 0 Å². The molecule has 1 aromatic carbocycles. The van der Waals surface area contributed by atoms with Gasteiger partial charge in [0.2, 0.25) is 0 Å². The van der Waals surface area contributed by atoms with Crippen molar-refractivity contribution in [3.05, 3.63) is 28.3 Å². The highest BCUT2D eigenvalue weighted by molar-refractivity contribution is 5.75. The van der Waals surface area contributed by atoms with Crippen LogP contribution in [0.25, 0.3) is 0 Å². The van der Waals surface area contributed by atoms with Crippen LogP contribution in [-0.4, -0.2) is 31.2 Å². The summed E-state index contributed by atoms with van der Waals surface area (Å²) >= 11 is 0. The van der Waals surface area contributed by atoms with Crippen LogP contribution in [0.1, 0.15) is 13.8 Å². The summed E-state index contributed by atoms with van der Waals surface area (Å²) in [5.41, 5.74) is 1.05. The molecule has 2 N–H and O–H groups in total. The predicted molar refractivity (Wildman–Crippen MR) is 72.2 cm³/mol. The van der Waals surface area contributed by atoms with Gasteiger partial charge in [0.25, 0.3) is 0 Å². The molecule has 0 spiro atoms. The average Bonchev–Trinajstić information content (AvgIpc) is 2.33. The van der Waals surface area contributed by atoms with Crippen molar-refractivity contribution in [2.45, 2.75) is 20.0 Å². The third kappa shape index (κ3) is 3.89. The molecule has 0 saturated carbocycles. The largest absolute Gasteiger partial charge is 0.382 e. The second-order valence-electron chi connectivity index (χ2n) is 4.06. The lowest BCUT2D eigenvalue weighted by Gasteiger charge is -2.11. The van der Waals surface area contributed by atoms with Gasteiger partial charge >= 0.3 is 5.69 Å². The molecule has 0 unspecified atom stereocenters. The average molecular weight is 253 g/mol. The van der Waals surface area contributed by atoms with Gasteiger partial charge in [0.1, 0.15) is 11.4 Å². The van der Waals surface area contributed by atoms with Gasteiger partial charge in [0, 0.05) is 13.6 Å². The molecular formula is C12H19N3O3. The van der Waals surface area contributed by atoms with Crippen LogP contribution in [0.5, 0.6) is 0 Å². The molecule has 18 heavy (non-hydrogen) atoms. The summed E-state index contributed by atoms with van der Waals surface area (Å²) in [6.45, 7) is 4.94. The molecule has 0 atom stereocenters. The maximum Gasteiger partial charge on any atom is 0.315 e. The number of benzene rings is 1. The van der Waals surface area contributed by atoms with E-state index in [4.69, 9.17) is 4.74 Å². The van der Waals surface area contributed by atoms with Crippen molar-refractivity contribution in [3.63, 3.8) is 0 Å². The molecule has 0 radical (unpaired) electrons. The molecule has 0 saturated heterocycles. The van der Waals surface area contributed by atoms with Crippen LogP contribution in [0.3, 0.4) is 0 Å². The van der Waals surface area contributed by atoms with E-state index in [-0.39, 0.29) is 11.8 Å². The number of nitro benzene ring substituents is 1. The zero-order valence-electron chi connectivity index (χ0n) is 10.9. The minimum absolute atomic E-state index is 0.0598. The summed E-state index contributed by atoms with van der Waals surface area (Å²) < 4.78 is 5.37. The lowest BCUT2D eigenvalue weighted by Crippen LogP contribution is -2.14. The van der Waals surface area contributed by atoms with Crippen molar-refractivity contribution in [2.24, 2.45) is 0 Å². The van der Waals surface area contributed by atoms with Gasteiger partial charge in [-0.25, -0.2) is 0 Å². The molecule has 0 aliphatic rings. The fourth-order valence-electron chi connectivity index (χ4n) is 1.56. The monoisotopic (exact) mass is 253 g/mol. The fourth-order valence-corrected chi connectivity index (χ4v) is 1.56. The van der Waals surface area contributed by atoms with Crippen LogP contribution in [0.15, 0.2) is 18.2 Å². The topological polar surface area (TPSA) is 76.4 Å². The Hall–Kier alpha value is -1.82. The fraction of sp³-hybridized carbons (Fsp3) is 0.500. The molecular weight excluding hydrogens is 234 g/mol. The molecule has 100 valence electrons. The number of ether oxygens (including phenoxy) is 1. The van der Waals surface area contributed by atoms with Gasteiger partial charge < -0.3 is 15.4 Å². The third-order valence-electron chi connectivity index (χ3n) is 2.36. The third-order valence-corrected chi connectivity index (χ3v) is 2.36. The molecule has 1 aromatic rings. The number of nitro groups is 1. The summed E-state index contributed by atoms with van der Waals surface area (Å²) in [7, 11) is 1.66. The number of hydrogen-bond acceptors (Lipinski definition) is 5. The number of hydrogen-bond donors (Lipinski definition) is 2. The summed E-state index contributed by atoms with van der Waals surface area (Å²) in [5, 5.41) is 16.9. The van der Waals surface area contributed by atoms with Gasteiger partial charge in [-0.15, -0.1) is 0 Å². The highest BCUT2D eigenvalue weighted by Gasteiger charge is 2.18. The number of anilines is 2. The minimum Gasteiger partial charge on any atom is -0.382 e. The van der Waals surface area contributed by atoms with Crippen molar-refractivity contribution in [1.82, 2.24) is 0 Å². The summed E-state index contributed by atoms with van der Waals surface area (Å²) in [6.07, 6.45) is 0.158. The number of rotatable bonds is 7. The van der Waals surface area contributed by atoms with E-state index in [0.717, 1.165) is 0 Å². The maximum absolute atomic E-state index is 11.0.